The first kappa shape index (κ1) is 12.3. The van der Waals surface area contributed by atoms with Crippen LogP contribution in [-0.4, -0.2) is 34.5 Å². The molecule has 0 aliphatic carbocycles. The lowest BCUT2D eigenvalue weighted by Gasteiger charge is -2.36. The molecule has 4 heteroatoms. The minimum atomic E-state index is 0.426. The fourth-order valence-electron chi connectivity index (χ4n) is 2.59. The molecule has 4 nitrogen and oxygen atoms in total. The molecule has 1 aromatic carbocycles. The van der Waals surface area contributed by atoms with E-state index >= 15 is 0 Å². The van der Waals surface area contributed by atoms with Crippen LogP contribution in [0.2, 0.25) is 0 Å². The monoisotopic (exact) mass is 254 g/mol. The maximum atomic E-state index is 4.09. The molecule has 3 rings (SSSR count). The summed E-state index contributed by atoms with van der Waals surface area (Å²) in [5.74, 6) is 0. The molecule has 1 aliphatic rings. The Kier molecular flexibility index (Phi) is 3.81. The molecule has 1 unspecified atom stereocenters. The van der Waals surface area contributed by atoms with Gasteiger partial charge >= 0.3 is 0 Å². The number of nitrogens with one attached hydrogen (secondary N) is 1. The zero-order valence-electron chi connectivity index (χ0n) is 10.9. The topological polar surface area (TPSA) is 41.0 Å². The van der Waals surface area contributed by atoms with Crippen molar-refractivity contribution < 1.29 is 0 Å². The summed E-state index contributed by atoms with van der Waals surface area (Å²) in [6.07, 6.45) is 5.38. The van der Waals surface area contributed by atoms with E-state index in [-0.39, 0.29) is 0 Å². The third kappa shape index (κ3) is 2.97. The minimum absolute atomic E-state index is 0.426. The van der Waals surface area contributed by atoms with Gasteiger partial charge in [-0.05, 0) is 5.56 Å². The van der Waals surface area contributed by atoms with Gasteiger partial charge in [0.25, 0.3) is 0 Å². The van der Waals surface area contributed by atoms with E-state index in [2.05, 4.69) is 50.5 Å². The summed E-state index contributed by atoms with van der Waals surface area (Å²) >= 11 is 0. The van der Waals surface area contributed by atoms with Crippen LogP contribution in [-0.2, 0) is 6.54 Å². The van der Waals surface area contributed by atoms with Crippen molar-refractivity contribution in [1.82, 2.24) is 20.2 Å². The second-order valence-corrected chi connectivity index (χ2v) is 4.85. The Morgan fingerprint density at radius 3 is 2.74 bits per heavy atom. The molecule has 1 atom stereocenters. The quantitative estimate of drug-likeness (QED) is 0.903. The van der Waals surface area contributed by atoms with Gasteiger partial charge in [0.05, 0.1) is 0 Å². The molecule has 1 aliphatic heterocycles. The van der Waals surface area contributed by atoms with Crippen molar-refractivity contribution in [3.63, 3.8) is 0 Å². The van der Waals surface area contributed by atoms with Gasteiger partial charge in [0.15, 0.2) is 0 Å². The second kappa shape index (κ2) is 5.91. The number of hydrogen-bond acceptors (Lipinski definition) is 4. The van der Waals surface area contributed by atoms with Crippen LogP contribution in [0.25, 0.3) is 0 Å². The molecule has 1 saturated heterocycles. The number of rotatable bonds is 3. The highest BCUT2D eigenvalue weighted by atomic mass is 15.2. The van der Waals surface area contributed by atoms with Gasteiger partial charge < -0.3 is 5.32 Å². The summed E-state index contributed by atoms with van der Waals surface area (Å²) < 4.78 is 0. The van der Waals surface area contributed by atoms with Crippen molar-refractivity contribution in [1.29, 1.82) is 0 Å². The molecule has 2 heterocycles. The average Bonchev–Trinajstić information content (AvgIpc) is 2.50. The van der Waals surface area contributed by atoms with E-state index in [0.29, 0.717) is 6.04 Å². The Morgan fingerprint density at radius 2 is 1.95 bits per heavy atom. The Morgan fingerprint density at radius 1 is 1.16 bits per heavy atom. The highest BCUT2D eigenvalue weighted by Gasteiger charge is 2.23. The SMILES string of the molecule is c1ccc(C2CNCCN2Cc2cncnc2)cc1. The van der Waals surface area contributed by atoms with E-state index in [1.807, 2.05) is 12.4 Å². The first-order chi connectivity index (χ1) is 9.43. The Labute approximate surface area is 113 Å². The van der Waals surface area contributed by atoms with Crippen molar-refractivity contribution in [3.05, 3.63) is 60.2 Å². The van der Waals surface area contributed by atoms with Gasteiger partial charge in [-0.2, -0.15) is 0 Å². The highest BCUT2D eigenvalue weighted by molar-refractivity contribution is 5.20. The van der Waals surface area contributed by atoms with E-state index in [1.165, 1.54) is 11.1 Å². The zero-order chi connectivity index (χ0) is 12.9. The molecule has 1 fully saturated rings. The summed E-state index contributed by atoms with van der Waals surface area (Å²) in [6, 6.07) is 11.1. The molecule has 19 heavy (non-hydrogen) atoms. The van der Waals surface area contributed by atoms with E-state index in [9.17, 15) is 0 Å². The molecule has 0 spiro atoms. The first-order valence-corrected chi connectivity index (χ1v) is 6.67. The third-order valence-corrected chi connectivity index (χ3v) is 3.54. The lowest BCUT2D eigenvalue weighted by Crippen LogP contribution is -2.45. The summed E-state index contributed by atoms with van der Waals surface area (Å²) in [6.45, 7) is 3.99. The third-order valence-electron chi connectivity index (χ3n) is 3.54. The summed E-state index contributed by atoms with van der Waals surface area (Å²) in [5, 5.41) is 3.48. The standard InChI is InChI=1S/C15H18N4/c1-2-4-14(5-3-1)15-10-16-6-7-19(15)11-13-8-17-12-18-9-13/h1-5,8-9,12,15-16H,6-7,10-11H2. The van der Waals surface area contributed by atoms with Crippen molar-refractivity contribution in [2.45, 2.75) is 12.6 Å². The van der Waals surface area contributed by atoms with Crippen LogP contribution in [0, 0.1) is 0 Å². The maximum absolute atomic E-state index is 4.09. The van der Waals surface area contributed by atoms with E-state index in [4.69, 9.17) is 0 Å². The number of aromatic nitrogens is 2. The predicted molar refractivity (Wildman–Crippen MR) is 74.5 cm³/mol. The first-order valence-electron chi connectivity index (χ1n) is 6.67. The van der Waals surface area contributed by atoms with Gasteiger partial charge in [-0.3, -0.25) is 4.90 Å². The molecule has 98 valence electrons. The summed E-state index contributed by atoms with van der Waals surface area (Å²) in [4.78, 5) is 10.7. The van der Waals surface area contributed by atoms with Crippen LogP contribution in [0.5, 0.6) is 0 Å². The largest absolute Gasteiger partial charge is 0.314 e. The molecule has 0 saturated carbocycles. The van der Waals surface area contributed by atoms with Crippen molar-refractivity contribution in [2.24, 2.45) is 0 Å². The molecule has 0 amide bonds. The molecule has 1 aromatic heterocycles. The average molecular weight is 254 g/mol. The predicted octanol–water partition coefficient (Wildman–Crippen LogP) is 1.62. The molecule has 1 N–H and O–H groups in total. The number of benzene rings is 1. The van der Waals surface area contributed by atoms with Gasteiger partial charge in [-0.25, -0.2) is 9.97 Å². The molecular formula is C15H18N4. The summed E-state index contributed by atoms with van der Waals surface area (Å²) in [5.41, 5.74) is 2.54. The number of piperazine rings is 1. The maximum Gasteiger partial charge on any atom is 0.115 e. The lowest BCUT2D eigenvalue weighted by atomic mass is 10.0. The van der Waals surface area contributed by atoms with Crippen LogP contribution < -0.4 is 5.32 Å². The molecule has 2 aromatic rings. The van der Waals surface area contributed by atoms with Crippen molar-refractivity contribution in [3.8, 4) is 0 Å². The number of nitrogens with zero attached hydrogens (tertiary/aromatic N) is 3. The summed E-state index contributed by atoms with van der Waals surface area (Å²) in [7, 11) is 0. The smallest absolute Gasteiger partial charge is 0.115 e. The Hall–Kier alpha value is -1.78. The Bertz CT molecular complexity index is 500. The number of hydrogen-bond donors (Lipinski definition) is 1. The lowest BCUT2D eigenvalue weighted by molar-refractivity contribution is 0.153. The van der Waals surface area contributed by atoms with Crippen LogP contribution in [0.3, 0.4) is 0 Å². The van der Waals surface area contributed by atoms with E-state index < -0.39 is 0 Å². The van der Waals surface area contributed by atoms with Gasteiger partial charge in [-0.15, -0.1) is 0 Å². The molecule has 0 radical (unpaired) electrons. The van der Waals surface area contributed by atoms with Crippen molar-refractivity contribution in [2.75, 3.05) is 19.6 Å². The normalized spacial score (nSPS) is 20.3. The molecular weight excluding hydrogens is 236 g/mol. The van der Waals surface area contributed by atoms with Gasteiger partial charge in [0.2, 0.25) is 0 Å². The zero-order valence-corrected chi connectivity index (χ0v) is 10.9. The van der Waals surface area contributed by atoms with Crippen LogP contribution in [0.15, 0.2) is 49.1 Å². The fourth-order valence-corrected chi connectivity index (χ4v) is 2.59. The van der Waals surface area contributed by atoms with E-state index in [1.54, 1.807) is 6.33 Å². The second-order valence-electron chi connectivity index (χ2n) is 4.85. The Balaban J connectivity index is 1.78. The van der Waals surface area contributed by atoms with Gasteiger partial charge in [0, 0.05) is 50.2 Å². The van der Waals surface area contributed by atoms with Crippen LogP contribution >= 0.6 is 0 Å². The van der Waals surface area contributed by atoms with Crippen LogP contribution in [0.1, 0.15) is 17.2 Å². The van der Waals surface area contributed by atoms with Gasteiger partial charge in [0.1, 0.15) is 6.33 Å². The molecule has 0 bridgehead atoms. The highest BCUT2D eigenvalue weighted by Crippen LogP contribution is 2.23. The van der Waals surface area contributed by atoms with E-state index in [0.717, 1.165) is 26.2 Å². The van der Waals surface area contributed by atoms with Crippen LogP contribution in [0.4, 0.5) is 0 Å². The van der Waals surface area contributed by atoms with Crippen molar-refractivity contribution >= 4 is 0 Å². The minimum Gasteiger partial charge on any atom is -0.314 e. The fraction of sp³-hybridized carbons (Fsp3) is 0.333. The van der Waals surface area contributed by atoms with Gasteiger partial charge in [-0.1, -0.05) is 30.3 Å².